The molecule has 0 saturated heterocycles. The molecule has 1 aliphatic rings. The number of halogens is 1. The molecule has 1 rings (SSSR count). The summed E-state index contributed by atoms with van der Waals surface area (Å²) in [7, 11) is 1.33. The van der Waals surface area contributed by atoms with E-state index < -0.39 is 11.6 Å². The summed E-state index contributed by atoms with van der Waals surface area (Å²) in [6, 6.07) is -0.605. The Balaban J connectivity index is 0.00000225. The van der Waals surface area contributed by atoms with Crippen LogP contribution in [-0.2, 0) is 14.3 Å². The first-order chi connectivity index (χ1) is 7.02. The van der Waals surface area contributed by atoms with Crippen LogP contribution >= 0.6 is 12.4 Å². The molecule has 5 nitrogen and oxygen atoms in total. The van der Waals surface area contributed by atoms with E-state index in [0.717, 1.165) is 12.8 Å². The summed E-state index contributed by atoms with van der Waals surface area (Å²) < 4.78 is 4.72. The molecule has 3 N–H and O–H groups in total. The van der Waals surface area contributed by atoms with Crippen LogP contribution in [0.4, 0.5) is 0 Å². The van der Waals surface area contributed by atoms with E-state index in [1.807, 2.05) is 0 Å². The first kappa shape index (κ1) is 15.2. The number of nitrogens with one attached hydrogen (secondary N) is 1. The van der Waals surface area contributed by atoms with Gasteiger partial charge in [0.2, 0.25) is 5.91 Å². The van der Waals surface area contributed by atoms with Crippen molar-refractivity contribution in [3.63, 3.8) is 0 Å². The van der Waals surface area contributed by atoms with Crippen LogP contribution in [0.5, 0.6) is 0 Å². The standard InChI is InChI=1S/C10H18N2O3.ClH/c1-7(11)8(13)12-10(9(14)15-2)5-3-4-6-10;/h7H,3-6,11H2,1-2H3,(H,12,13);1H/t7-;/m1./s1. The Kier molecular flexibility index (Phi) is 5.75. The number of rotatable bonds is 3. The number of carbonyl (C=O) groups excluding carboxylic acids is 2. The highest BCUT2D eigenvalue weighted by Crippen LogP contribution is 2.30. The highest BCUT2D eigenvalue weighted by Gasteiger charge is 2.43. The van der Waals surface area contributed by atoms with Crippen LogP contribution in [0.15, 0.2) is 0 Å². The number of esters is 1. The molecule has 0 bridgehead atoms. The lowest BCUT2D eigenvalue weighted by Crippen LogP contribution is -2.56. The van der Waals surface area contributed by atoms with Crippen molar-refractivity contribution in [2.45, 2.75) is 44.2 Å². The summed E-state index contributed by atoms with van der Waals surface area (Å²) in [6.07, 6.45) is 3.12. The fourth-order valence-corrected chi connectivity index (χ4v) is 1.90. The first-order valence-corrected chi connectivity index (χ1v) is 5.18. The van der Waals surface area contributed by atoms with E-state index in [2.05, 4.69) is 5.32 Å². The van der Waals surface area contributed by atoms with Crippen LogP contribution in [0.25, 0.3) is 0 Å². The van der Waals surface area contributed by atoms with Gasteiger partial charge in [-0.1, -0.05) is 12.8 Å². The van der Waals surface area contributed by atoms with Gasteiger partial charge in [0.25, 0.3) is 0 Å². The van der Waals surface area contributed by atoms with E-state index >= 15 is 0 Å². The molecule has 0 heterocycles. The average Bonchev–Trinajstić information content (AvgIpc) is 2.66. The molecule has 0 aromatic heterocycles. The van der Waals surface area contributed by atoms with E-state index in [1.165, 1.54) is 7.11 Å². The molecule has 1 aliphatic carbocycles. The number of carbonyl (C=O) groups is 2. The Hall–Kier alpha value is -0.810. The fraction of sp³-hybridized carbons (Fsp3) is 0.800. The number of hydrogen-bond donors (Lipinski definition) is 2. The summed E-state index contributed by atoms with van der Waals surface area (Å²) in [4.78, 5) is 23.1. The highest BCUT2D eigenvalue weighted by atomic mass is 35.5. The molecule has 1 amide bonds. The lowest BCUT2D eigenvalue weighted by molar-refractivity contribution is -0.150. The molecular weight excluding hydrogens is 232 g/mol. The molecule has 0 aliphatic heterocycles. The summed E-state index contributed by atoms with van der Waals surface area (Å²) in [5.74, 6) is -0.670. The molecule has 6 heteroatoms. The zero-order chi connectivity index (χ0) is 11.5. The smallest absolute Gasteiger partial charge is 0.331 e. The Labute approximate surface area is 101 Å². The Morgan fingerprint density at radius 3 is 2.25 bits per heavy atom. The molecular formula is C10H19ClN2O3. The lowest BCUT2D eigenvalue weighted by atomic mass is 9.97. The molecule has 1 fully saturated rings. The lowest BCUT2D eigenvalue weighted by Gasteiger charge is -2.27. The van der Waals surface area contributed by atoms with Gasteiger partial charge in [0.05, 0.1) is 13.2 Å². The highest BCUT2D eigenvalue weighted by molar-refractivity contribution is 5.90. The van der Waals surface area contributed by atoms with Gasteiger partial charge in [0.1, 0.15) is 5.54 Å². The van der Waals surface area contributed by atoms with E-state index in [-0.39, 0.29) is 24.3 Å². The van der Waals surface area contributed by atoms with Crippen molar-refractivity contribution in [3.8, 4) is 0 Å². The summed E-state index contributed by atoms with van der Waals surface area (Å²) in [6.45, 7) is 1.59. The summed E-state index contributed by atoms with van der Waals surface area (Å²) >= 11 is 0. The Bertz CT molecular complexity index is 263. The molecule has 1 saturated carbocycles. The van der Waals surface area contributed by atoms with Gasteiger partial charge < -0.3 is 15.8 Å². The van der Waals surface area contributed by atoms with Crippen molar-refractivity contribution < 1.29 is 14.3 Å². The predicted molar refractivity (Wildman–Crippen MR) is 62.3 cm³/mol. The van der Waals surface area contributed by atoms with Gasteiger partial charge in [-0.15, -0.1) is 12.4 Å². The third kappa shape index (κ3) is 3.09. The minimum Gasteiger partial charge on any atom is -0.467 e. The van der Waals surface area contributed by atoms with E-state index in [9.17, 15) is 9.59 Å². The number of hydrogen-bond acceptors (Lipinski definition) is 4. The van der Waals surface area contributed by atoms with Crippen molar-refractivity contribution in [1.82, 2.24) is 5.32 Å². The second-order valence-corrected chi connectivity index (χ2v) is 4.06. The van der Waals surface area contributed by atoms with E-state index in [1.54, 1.807) is 6.92 Å². The maximum absolute atomic E-state index is 11.6. The van der Waals surface area contributed by atoms with E-state index in [4.69, 9.17) is 10.5 Å². The van der Waals surface area contributed by atoms with E-state index in [0.29, 0.717) is 12.8 Å². The molecule has 0 radical (unpaired) electrons. The fourth-order valence-electron chi connectivity index (χ4n) is 1.90. The van der Waals surface area contributed by atoms with Gasteiger partial charge in [0, 0.05) is 0 Å². The van der Waals surface area contributed by atoms with Crippen LogP contribution in [0.2, 0.25) is 0 Å². The normalized spacial score (nSPS) is 19.4. The SMILES string of the molecule is COC(=O)C1(NC(=O)[C@@H](C)N)CCCC1.Cl. The molecule has 1 atom stereocenters. The monoisotopic (exact) mass is 250 g/mol. The first-order valence-electron chi connectivity index (χ1n) is 5.18. The second-order valence-electron chi connectivity index (χ2n) is 4.06. The predicted octanol–water partition coefficient (Wildman–Crippen LogP) is 0.357. The maximum Gasteiger partial charge on any atom is 0.331 e. The van der Waals surface area contributed by atoms with Crippen LogP contribution in [0, 0.1) is 0 Å². The van der Waals surface area contributed by atoms with Crippen molar-refractivity contribution in [3.05, 3.63) is 0 Å². The number of ether oxygens (including phenoxy) is 1. The minimum absolute atomic E-state index is 0. The molecule has 94 valence electrons. The summed E-state index contributed by atoms with van der Waals surface area (Å²) in [5, 5.41) is 2.70. The zero-order valence-electron chi connectivity index (χ0n) is 9.62. The Morgan fingerprint density at radius 2 is 1.88 bits per heavy atom. The zero-order valence-corrected chi connectivity index (χ0v) is 10.4. The third-order valence-corrected chi connectivity index (χ3v) is 2.81. The molecule has 0 spiro atoms. The van der Waals surface area contributed by atoms with Crippen molar-refractivity contribution in [2.75, 3.05) is 7.11 Å². The molecule has 16 heavy (non-hydrogen) atoms. The van der Waals surface area contributed by atoms with Crippen LogP contribution in [-0.4, -0.2) is 30.6 Å². The Morgan fingerprint density at radius 1 is 1.38 bits per heavy atom. The van der Waals surface area contributed by atoms with Crippen LogP contribution < -0.4 is 11.1 Å². The van der Waals surface area contributed by atoms with Crippen molar-refractivity contribution >= 4 is 24.3 Å². The molecule has 0 unspecified atom stereocenters. The van der Waals surface area contributed by atoms with Crippen LogP contribution in [0.1, 0.15) is 32.6 Å². The van der Waals surface area contributed by atoms with Gasteiger partial charge in [-0.2, -0.15) is 0 Å². The topological polar surface area (TPSA) is 81.4 Å². The number of nitrogens with two attached hydrogens (primary N) is 1. The van der Waals surface area contributed by atoms with Crippen molar-refractivity contribution in [2.24, 2.45) is 5.73 Å². The quantitative estimate of drug-likeness (QED) is 0.709. The summed E-state index contributed by atoms with van der Waals surface area (Å²) in [5.41, 5.74) is 4.62. The number of amides is 1. The van der Waals surface area contributed by atoms with Gasteiger partial charge in [-0.3, -0.25) is 4.79 Å². The maximum atomic E-state index is 11.6. The second kappa shape index (κ2) is 6.06. The number of methoxy groups -OCH3 is 1. The third-order valence-electron chi connectivity index (χ3n) is 2.81. The average molecular weight is 251 g/mol. The minimum atomic E-state index is -0.834. The largest absolute Gasteiger partial charge is 0.467 e. The van der Waals surface area contributed by atoms with Crippen molar-refractivity contribution in [1.29, 1.82) is 0 Å². The van der Waals surface area contributed by atoms with Gasteiger partial charge in [0.15, 0.2) is 0 Å². The van der Waals surface area contributed by atoms with Gasteiger partial charge in [-0.05, 0) is 19.8 Å². The van der Waals surface area contributed by atoms with Crippen LogP contribution in [0.3, 0.4) is 0 Å². The molecule has 0 aromatic rings. The van der Waals surface area contributed by atoms with Gasteiger partial charge in [-0.25, -0.2) is 4.79 Å². The van der Waals surface area contributed by atoms with Gasteiger partial charge >= 0.3 is 5.97 Å². The molecule has 0 aromatic carbocycles.